The number of carbonyl (C=O) groups is 3. The smallest absolute Gasteiger partial charge is 0.306 e. The number of carbonyl (C=O) groups excluding carboxylic acids is 3. The minimum atomic E-state index is -0.838. The van der Waals surface area contributed by atoms with Crippen molar-refractivity contribution < 1.29 is 28.6 Å². The zero-order chi connectivity index (χ0) is 57.1. The van der Waals surface area contributed by atoms with Crippen molar-refractivity contribution in [3.05, 3.63) is 182 Å². The summed E-state index contributed by atoms with van der Waals surface area (Å²) in [5.74, 6) is -1.04. The third-order valence-corrected chi connectivity index (χ3v) is 12.4. The molecule has 6 heteroatoms. The van der Waals surface area contributed by atoms with Gasteiger partial charge in [0.15, 0.2) is 6.10 Å². The molecule has 0 aliphatic heterocycles. The first kappa shape index (κ1) is 73.5. The molecule has 0 saturated carbocycles. The van der Waals surface area contributed by atoms with Gasteiger partial charge in [0, 0.05) is 19.3 Å². The molecule has 0 bridgehead atoms. The number of unbranched alkanes of at least 4 members (excludes halogenated alkanes) is 13. The number of esters is 3. The number of allylic oxidation sites excluding steroid dienone is 30. The van der Waals surface area contributed by atoms with Crippen molar-refractivity contribution in [1.82, 2.24) is 0 Å². The molecule has 6 nitrogen and oxygen atoms in total. The van der Waals surface area contributed by atoms with E-state index in [9.17, 15) is 14.4 Å². The highest BCUT2D eigenvalue weighted by atomic mass is 16.6. The van der Waals surface area contributed by atoms with Crippen molar-refractivity contribution in [2.45, 2.75) is 245 Å². The Kier molecular flexibility index (Phi) is 60.5. The lowest BCUT2D eigenvalue weighted by Crippen LogP contribution is -2.30. The molecule has 0 fully saturated rings. The third kappa shape index (κ3) is 63.2. The van der Waals surface area contributed by atoms with E-state index in [1.807, 2.05) is 0 Å². The van der Waals surface area contributed by atoms with E-state index < -0.39 is 6.10 Å². The number of rotatable bonds is 54. The molecule has 0 amide bonds. The standard InChI is InChI=1S/C73H112O6/c1-4-7-10-13-16-19-22-25-28-31-34-35-36-37-40-42-45-48-51-54-57-60-63-66-72(75)78-69-70(79-73(76)67-64-61-58-55-52-49-46-43-39-33-30-27-24-21-18-15-12-9-6-3)68-77-71(74)65-62-59-56-53-50-47-44-41-38-32-29-26-23-20-17-14-11-8-5-2/h7,9-10,12,16-21,25-30,34-35,37-41,43,45,48-49,52,54,57,70H,4-6,8,11,13-15,22-24,31-33,36,42,44,46-47,50-51,53,55-56,58-69H2,1-3H3/b10-7-,12-9-,19-16-,20-17-,21-18-,28-25-,29-26-,30-27-,35-34-,40-37-,41-38-,43-39-,48-45-,52-49-,57-54-. The third-order valence-electron chi connectivity index (χ3n) is 12.4. The van der Waals surface area contributed by atoms with Crippen molar-refractivity contribution in [2.24, 2.45) is 0 Å². The van der Waals surface area contributed by atoms with Gasteiger partial charge in [-0.3, -0.25) is 14.4 Å². The van der Waals surface area contributed by atoms with Crippen LogP contribution >= 0.6 is 0 Å². The van der Waals surface area contributed by atoms with Crippen molar-refractivity contribution in [3.8, 4) is 0 Å². The van der Waals surface area contributed by atoms with Crippen LogP contribution in [0.3, 0.4) is 0 Å². The second kappa shape index (κ2) is 65.0. The van der Waals surface area contributed by atoms with Crippen LogP contribution in [0.5, 0.6) is 0 Å². The molecule has 0 heterocycles. The first-order chi connectivity index (χ1) is 39.0. The van der Waals surface area contributed by atoms with Gasteiger partial charge in [-0.05, 0) is 154 Å². The fourth-order valence-corrected chi connectivity index (χ4v) is 7.76. The molecule has 0 aromatic heterocycles. The molecule has 0 radical (unpaired) electrons. The number of hydrogen-bond donors (Lipinski definition) is 0. The van der Waals surface area contributed by atoms with Crippen LogP contribution in [-0.2, 0) is 28.6 Å². The lowest BCUT2D eigenvalue weighted by Gasteiger charge is -2.18. The Bertz CT molecular complexity index is 1870. The predicted molar refractivity (Wildman–Crippen MR) is 343 cm³/mol. The highest BCUT2D eigenvalue weighted by Crippen LogP contribution is 2.12. The second-order valence-electron chi connectivity index (χ2n) is 19.8. The lowest BCUT2D eigenvalue weighted by atomic mass is 10.1. The number of hydrogen-bond acceptors (Lipinski definition) is 6. The zero-order valence-corrected chi connectivity index (χ0v) is 50.3. The minimum absolute atomic E-state index is 0.126. The fourth-order valence-electron chi connectivity index (χ4n) is 7.76. The predicted octanol–water partition coefficient (Wildman–Crippen LogP) is 21.7. The molecule has 0 aromatic rings. The van der Waals surface area contributed by atoms with Gasteiger partial charge in [-0.2, -0.15) is 0 Å². The average Bonchev–Trinajstić information content (AvgIpc) is 3.45. The first-order valence-electron chi connectivity index (χ1n) is 31.3. The molecule has 0 aliphatic carbocycles. The molecular weight excluding hydrogens is 973 g/mol. The monoisotopic (exact) mass is 1080 g/mol. The van der Waals surface area contributed by atoms with E-state index in [1.165, 1.54) is 38.5 Å². The molecule has 0 aromatic carbocycles. The van der Waals surface area contributed by atoms with Crippen LogP contribution in [0.25, 0.3) is 0 Å². The highest BCUT2D eigenvalue weighted by molar-refractivity contribution is 5.71. The summed E-state index contributed by atoms with van der Waals surface area (Å²) in [6.07, 6.45) is 97.4. The largest absolute Gasteiger partial charge is 0.462 e. The van der Waals surface area contributed by atoms with Gasteiger partial charge < -0.3 is 14.2 Å². The summed E-state index contributed by atoms with van der Waals surface area (Å²) in [6, 6.07) is 0. The maximum absolute atomic E-state index is 12.9. The van der Waals surface area contributed by atoms with E-state index in [-0.39, 0.29) is 44.0 Å². The fraction of sp³-hybridized carbons (Fsp3) is 0.548. The van der Waals surface area contributed by atoms with Gasteiger partial charge >= 0.3 is 17.9 Å². The Morgan fingerprint density at radius 1 is 0.266 bits per heavy atom. The van der Waals surface area contributed by atoms with Crippen molar-refractivity contribution in [2.75, 3.05) is 13.2 Å². The summed E-state index contributed by atoms with van der Waals surface area (Å²) < 4.78 is 16.8. The molecular formula is C73H112O6. The van der Waals surface area contributed by atoms with E-state index in [0.29, 0.717) is 19.3 Å². The summed E-state index contributed by atoms with van der Waals surface area (Å²) in [4.78, 5) is 38.3. The molecule has 0 N–H and O–H groups in total. The van der Waals surface area contributed by atoms with Gasteiger partial charge in [-0.25, -0.2) is 0 Å². The Balaban J connectivity index is 4.62. The quantitative estimate of drug-likeness (QED) is 0.0261. The summed E-state index contributed by atoms with van der Waals surface area (Å²) in [7, 11) is 0. The molecule has 0 rings (SSSR count). The zero-order valence-electron chi connectivity index (χ0n) is 50.3. The van der Waals surface area contributed by atoms with Crippen LogP contribution in [0.2, 0.25) is 0 Å². The van der Waals surface area contributed by atoms with Gasteiger partial charge in [0.2, 0.25) is 0 Å². The van der Waals surface area contributed by atoms with Gasteiger partial charge in [-0.1, -0.05) is 248 Å². The molecule has 440 valence electrons. The summed E-state index contributed by atoms with van der Waals surface area (Å²) in [6.45, 7) is 6.28. The van der Waals surface area contributed by atoms with Gasteiger partial charge in [0.1, 0.15) is 13.2 Å². The maximum atomic E-state index is 12.9. The van der Waals surface area contributed by atoms with Crippen molar-refractivity contribution in [1.29, 1.82) is 0 Å². The SMILES string of the molecule is CC/C=C\C/C=C\C/C=C\C/C=C\C/C=C\C/C=C\C/C=C\CCCC(=O)OCC(COC(=O)CCCCCCCC/C=C\C/C=C\C/C=C\CCCCC)OC(=O)CCCCC/C=C\C/C=C\C/C=C\C/C=C\C/C=C\CC. The molecule has 0 aliphatic rings. The lowest BCUT2D eigenvalue weighted by molar-refractivity contribution is -0.167. The summed E-state index contributed by atoms with van der Waals surface area (Å²) in [5, 5.41) is 0. The average molecular weight is 1090 g/mol. The Morgan fingerprint density at radius 3 is 0.835 bits per heavy atom. The van der Waals surface area contributed by atoms with Crippen LogP contribution in [0.15, 0.2) is 182 Å². The molecule has 1 unspecified atom stereocenters. The minimum Gasteiger partial charge on any atom is -0.462 e. The van der Waals surface area contributed by atoms with Gasteiger partial charge in [0.05, 0.1) is 0 Å². The van der Waals surface area contributed by atoms with Crippen molar-refractivity contribution in [3.63, 3.8) is 0 Å². The number of ether oxygens (including phenoxy) is 3. The van der Waals surface area contributed by atoms with Crippen LogP contribution in [-0.4, -0.2) is 37.2 Å². The van der Waals surface area contributed by atoms with E-state index in [1.54, 1.807) is 0 Å². The molecule has 0 saturated heterocycles. The summed E-state index contributed by atoms with van der Waals surface area (Å²) in [5.41, 5.74) is 0. The van der Waals surface area contributed by atoms with E-state index in [4.69, 9.17) is 14.2 Å². The first-order valence-corrected chi connectivity index (χ1v) is 31.3. The molecule has 79 heavy (non-hydrogen) atoms. The van der Waals surface area contributed by atoms with Gasteiger partial charge in [-0.15, -0.1) is 0 Å². The molecule has 0 spiro atoms. The van der Waals surface area contributed by atoms with Gasteiger partial charge in [0.25, 0.3) is 0 Å². The Morgan fingerprint density at radius 2 is 0.506 bits per heavy atom. The van der Waals surface area contributed by atoms with E-state index in [2.05, 4.69) is 203 Å². The Hall–Kier alpha value is -5.49. The normalized spacial score (nSPS) is 13.4. The van der Waals surface area contributed by atoms with Crippen LogP contribution < -0.4 is 0 Å². The van der Waals surface area contributed by atoms with Crippen LogP contribution in [0.1, 0.15) is 239 Å². The maximum Gasteiger partial charge on any atom is 0.306 e. The second-order valence-corrected chi connectivity index (χ2v) is 19.8. The molecule has 1 atom stereocenters. The van der Waals surface area contributed by atoms with Crippen LogP contribution in [0.4, 0.5) is 0 Å². The van der Waals surface area contributed by atoms with Crippen molar-refractivity contribution >= 4 is 17.9 Å². The van der Waals surface area contributed by atoms with E-state index >= 15 is 0 Å². The van der Waals surface area contributed by atoms with Crippen LogP contribution in [0, 0.1) is 0 Å². The van der Waals surface area contributed by atoms with E-state index in [0.717, 1.165) is 148 Å². The summed E-state index contributed by atoms with van der Waals surface area (Å²) >= 11 is 0. The topological polar surface area (TPSA) is 78.9 Å². The Labute approximate surface area is 484 Å². The highest BCUT2D eigenvalue weighted by Gasteiger charge is 2.19.